The van der Waals surface area contributed by atoms with Crippen LogP contribution < -0.4 is 0 Å². The van der Waals surface area contributed by atoms with Crippen molar-refractivity contribution >= 4 is 7.26 Å². The maximum Gasteiger partial charge on any atom is 0.0594 e. The topological polar surface area (TPSA) is 30.0 Å². The van der Waals surface area contributed by atoms with E-state index in [0.717, 1.165) is 0 Å². The van der Waals surface area contributed by atoms with E-state index in [2.05, 4.69) is 27.7 Å². The minimum Gasteiger partial charge on any atom is -0.870 e. The van der Waals surface area contributed by atoms with Crippen molar-refractivity contribution in [1.82, 2.24) is 0 Å². The summed E-state index contributed by atoms with van der Waals surface area (Å²) in [5.41, 5.74) is 0. The van der Waals surface area contributed by atoms with Crippen LogP contribution in [0.3, 0.4) is 0 Å². The van der Waals surface area contributed by atoms with Crippen molar-refractivity contribution in [3.05, 3.63) is 0 Å². The van der Waals surface area contributed by atoms with Crippen LogP contribution in [0.5, 0.6) is 0 Å². The van der Waals surface area contributed by atoms with Crippen LogP contribution in [0, 0.1) is 0 Å². The third-order valence-corrected chi connectivity index (χ3v) is 13.0. The van der Waals surface area contributed by atoms with Gasteiger partial charge in [-0.3, -0.25) is 0 Å². The van der Waals surface area contributed by atoms with Crippen LogP contribution in [0.25, 0.3) is 0 Å². The Morgan fingerprint density at radius 1 is 0.265 bits per heavy atom. The molecule has 0 saturated carbocycles. The van der Waals surface area contributed by atoms with Crippen LogP contribution in [0.2, 0.25) is 0 Å². The van der Waals surface area contributed by atoms with Crippen molar-refractivity contribution in [1.29, 1.82) is 0 Å². The fourth-order valence-corrected chi connectivity index (χ4v) is 10.5. The van der Waals surface area contributed by atoms with Gasteiger partial charge in [0.05, 0.1) is 24.6 Å². The van der Waals surface area contributed by atoms with Crippen molar-refractivity contribution in [3.8, 4) is 0 Å². The standard InChI is InChI=1S/C32H68P.H2O/c1-5-9-13-17-21-25-29-33(30-26-22-18-14-10-6-2,31-27-23-19-15-11-7-3)32-28-24-20-16-12-8-4;/h5-32H2,1-4H3;1H2/q+1;/p-1. The van der Waals surface area contributed by atoms with E-state index in [1.165, 1.54) is 128 Å². The zero-order valence-electron chi connectivity index (χ0n) is 24.7. The lowest BCUT2D eigenvalue weighted by atomic mass is 10.1. The lowest BCUT2D eigenvalue weighted by Crippen LogP contribution is -2.13. The number of hydrogen-bond acceptors (Lipinski definition) is 1. The average Bonchev–Trinajstić information content (AvgIpc) is 2.83. The Hall–Kier alpha value is 0.390. The van der Waals surface area contributed by atoms with Gasteiger partial charge < -0.3 is 5.48 Å². The Morgan fingerprint density at radius 2 is 0.441 bits per heavy atom. The van der Waals surface area contributed by atoms with Gasteiger partial charge in [0.15, 0.2) is 0 Å². The molecule has 0 atom stereocenters. The number of rotatable bonds is 28. The summed E-state index contributed by atoms with van der Waals surface area (Å²) < 4.78 is 0. The first-order chi connectivity index (χ1) is 16.2. The molecule has 1 N–H and O–H groups in total. The molecule has 0 fully saturated rings. The second-order valence-electron chi connectivity index (χ2n) is 11.3. The van der Waals surface area contributed by atoms with Crippen LogP contribution in [0.15, 0.2) is 0 Å². The molecule has 2 heteroatoms. The third-order valence-electron chi connectivity index (χ3n) is 7.94. The highest BCUT2D eigenvalue weighted by atomic mass is 31.2. The minimum atomic E-state index is -0.718. The van der Waals surface area contributed by atoms with Gasteiger partial charge >= 0.3 is 0 Å². The molecule has 0 aromatic carbocycles. The molecule has 0 rings (SSSR count). The molecule has 0 saturated heterocycles. The SMILES string of the molecule is CCCCCCCC[P+](CCCCCCCC)(CCCCCCCC)CCCCCCCC.[OH-]. The van der Waals surface area contributed by atoms with E-state index in [1.807, 2.05) is 0 Å². The zero-order chi connectivity index (χ0) is 24.3. The Kier molecular flexibility index (Phi) is 31.8. The first-order valence-corrected chi connectivity index (χ1v) is 18.6. The maximum absolute atomic E-state index is 2.35. The van der Waals surface area contributed by atoms with Gasteiger partial charge in [-0.2, -0.15) is 0 Å². The Balaban J connectivity index is 0. The molecule has 0 bridgehead atoms. The Morgan fingerprint density at radius 3 is 0.647 bits per heavy atom. The van der Waals surface area contributed by atoms with Crippen LogP contribution in [-0.4, -0.2) is 30.1 Å². The van der Waals surface area contributed by atoms with E-state index >= 15 is 0 Å². The second kappa shape index (κ2) is 29.6. The van der Waals surface area contributed by atoms with Gasteiger partial charge in [-0.25, -0.2) is 0 Å². The first-order valence-electron chi connectivity index (χ1n) is 16.1. The van der Waals surface area contributed by atoms with Crippen molar-refractivity contribution in [3.63, 3.8) is 0 Å². The highest BCUT2D eigenvalue weighted by molar-refractivity contribution is 7.75. The van der Waals surface area contributed by atoms with Crippen molar-refractivity contribution in [2.24, 2.45) is 0 Å². The molecule has 1 nitrogen and oxygen atoms in total. The van der Waals surface area contributed by atoms with Crippen LogP contribution in [0.4, 0.5) is 0 Å². The van der Waals surface area contributed by atoms with Gasteiger partial charge in [-0.05, 0) is 51.4 Å². The highest BCUT2D eigenvalue weighted by Crippen LogP contribution is 2.61. The van der Waals surface area contributed by atoms with Crippen molar-refractivity contribution in [2.75, 3.05) is 24.6 Å². The van der Waals surface area contributed by atoms with Gasteiger partial charge in [0.25, 0.3) is 0 Å². The van der Waals surface area contributed by atoms with Crippen LogP contribution >= 0.6 is 7.26 Å². The lowest BCUT2D eigenvalue weighted by molar-refractivity contribution is 0.610. The third kappa shape index (κ3) is 24.1. The Bertz CT molecular complexity index is 287. The van der Waals surface area contributed by atoms with E-state index in [-0.39, 0.29) is 5.48 Å². The van der Waals surface area contributed by atoms with Gasteiger partial charge in [-0.15, -0.1) is 0 Å². The van der Waals surface area contributed by atoms with E-state index in [0.29, 0.717) is 0 Å². The molecule has 0 amide bonds. The molecule has 0 aliphatic carbocycles. The summed E-state index contributed by atoms with van der Waals surface area (Å²) in [6, 6.07) is 0. The summed E-state index contributed by atoms with van der Waals surface area (Å²) in [5.74, 6) is 0. The second-order valence-corrected chi connectivity index (χ2v) is 15.8. The quantitative estimate of drug-likeness (QED) is 0.0775. The molecule has 0 spiro atoms. The largest absolute Gasteiger partial charge is 0.870 e. The predicted octanol–water partition coefficient (Wildman–Crippen LogP) is 12.3. The van der Waals surface area contributed by atoms with Gasteiger partial charge in [-0.1, -0.05) is 130 Å². The lowest BCUT2D eigenvalue weighted by Gasteiger charge is -2.28. The predicted molar refractivity (Wildman–Crippen MR) is 162 cm³/mol. The molecule has 0 heterocycles. The summed E-state index contributed by atoms with van der Waals surface area (Å²) in [7, 11) is -0.718. The van der Waals surface area contributed by atoms with Gasteiger partial charge in [0.2, 0.25) is 0 Å². The molecule has 0 aliphatic heterocycles. The molecular weight excluding hydrogens is 431 g/mol. The van der Waals surface area contributed by atoms with E-state index < -0.39 is 7.26 Å². The molecule has 208 valence electrons. The maximum atomic E-state index is 2.35. The van der Waals surface area contributed by atoms with Crippen molar-refractivity contribution in [2.45, 2.75) is 182 Å². The monoisotopic (exact) mass is 501 g/mol. The highest BCUT2D eigenvalue weighted by Gasteiger charge is 2.34. The summed E-state index contributed by atoms with van der Waals surface area (Å²) in [6.45, 7) is 9.38. The molecule has 0 aromatic heterocycles. The van der Waals surface area contributed by atoms with Gasteiger partial charge in [0.1, 0.15) is 0 Å². The number of unbranched alkanes of at least 4 members (excludes halogenated alkanes) is 20. The van der Waals surface area contributed by atoms with E-state index in [4.69, 9.17) is 0 Å². The molecule has 0 unspecified atom stereocenters. The molecular formula is C32H69OP. The molecule has 0 radical (unpaired) electrons. The zero-order valence-corrected chi connectivity index (χ0v) is 25.6. The van der Waals surface area contributed by atoms with Crippen LogP contribution in [-0.2, 0) is 0 Å². The normalized spacial score (nSPS) is 11.6. The summed E-state index contributed by atoms with van der Waals surface area (Å²) in [6.07, 6.45) is 42.1. The first kappa shape index (κ1) is 36.5. The Labute approximate surface area is 219 Å². The molecule has 0 aromatic rings. The van der Waals surface area contributed by atoms with E-state index in [1.54, 1.807) is 50.3 Å². The van der Waals surface area contributed by atoms with E-state index in [9.17, 15) is 0 Å². The molecule has 34 heavy (non-hydrogen) atoms. The fraction of sp³-hybridized carbons (Fsp3) is 1.00. The summed E-state index contributed by atoms with van der Waals surface area (Å²) >= 11 is 0. The summed E-state index contributed by atoms with van der Waals surface area (Å²) in [5, 5.41) is 0. The van der Waals surface area contributed by atoms with Gasteiger partial charge in [0, 0.05) is 7.26 Å². The van der Waals surface area contributed by atoms with Crippen molar-refractivity contribution < 1.29 is 5.48 Å². The smallest absolute Gasteiger partial charge is 0.0594 e. The van der Waals surface area contributed by atoms with Crippen LogP contribution in [0.1, 0.15) is 182 Å². The fourth-order valence-electron chi connectivity index (χ4n) is 5.58. The average molecular weight is 501 g/mol. The summed E-state index contributed by atoms with van der Waals surface area (Å²) in [4.78, 5) is 0. The number of hydrogen-bond donors (Lipinski definition) is 0. The molecule has 0 aliphatic rings. The minimum absolute atomic E-state index is 0.